The molecule has 2 atom stereocenters. The molecule has 2 bridgehead atoms. The fourth-order valence-electron chi connectivity index (χ4n) is 6.30. The molecular weight excluding hydrogens is 634 g/mol. The highest BCUT2D eigenvalue weighted by molar-refractivity contribution is 7.70. The van der Waals surface area contributed by atoms with Crippen molar-refractivity contribution >= 4 is 51.3 Å². The summed E-state index contributed by atoms with van der Waals surface area (Å²) >= 11 is 1.27. The molecular formula is C34H41F3N3O4PS. The number of ether oxygens (including phenoxy) is 2. The van der Waals surface area contributed by atoms with Crippen LogP contribution in [0, 0.1) is 23.7 Å². The first-order valence-electron chi connectivity index (χ1n) is 15.3. The number of piperidine rings is 1. The topological polar surface area (TPSA) is 79.9 Å². The van der Waals surface area contributed by atoms with Crippen molar-refractivity contribution in [1.29, 1.82) is 0 Å². The zero-order valence-corrected chi connectivity index (χ0v) is 28.7. The van der Waals surface area contributed by atoms with Gasteiger partial charge >= 0.3 is 12.3 Å². The summed E-state index contributed by atoms with van der Waals surface area (Å²) in [6.45, 7) is 10.3. The van der Waals surface area contributed by atoms with Crippen molar-refractivity contribution in [2.75, 3.05) is 50.7 Å². The second kappa shape index (κ2) is 13.0. The maximum absolute atomic E-state index is 13.8. The van der Waals surface area contributed by atoms with Crippen LogP contribution in [0.15, 0.2) is 36.4 Å². The van der Waals surface area contributed by atoms with Crippen LogP contribution in [0.25, 0.3) is 10.1 Å². The van der Waals surface area contributed by atoms with Gasteiger partial charge in [-0.1, -0.05) is 24.0 Å². The number of carbonyl (C=O) groups excluding carboxylic acids is 1. The molecule has 2 aliphatic rings. The normalized spacial score (nSPS) is 19.8. The van der Waals surface area contributed by atoms with Crippen molar-refractivity contribution < 1.29 is 32.0 Å². The van der Waals surface area contributed by atoms with Gasteiger partial charge in [0.05, 0.1) is 41.0 Å². The summed E-state index contributed by atoms with van der Waals surface area (Å²) in [6.07, 6.45) is -3.84. The lowest BCUT2D eigenvalue weighted by Crippen LogP contribution is -2.51. The van der Waals surface area contributed by atoms with E-state index in [4.69, 9.17) is 9.47 Å². The Morgan fingerprint density at radius 2 is 1.78 bits per heavy atom. The zero-order chi connectivity index (χ0) is 33.4. The molecule has 7 nitrogen and oxygen atoms in total. The summed E-state index contributed by atoms with van der Waals surface area (Å²) in [5.74, 6) is 6.94. The molecule has 1 aliphatic heterocycles. The van der Waals surface area contributed by atoms with Gasteiger partial charge in [-0.3, -0.25) is 0 Å². The molecule has 1 amide bonds. The molecule has 248 valence electrons. The standard InChI is InChI=1S/C34H41F3N3O4PS/c1-33(2,3)44-32(41)40-19-21-12-13-22(20-40)30(21)39-27-10-7-9-24-25(18-34(35,36)37)29(46-31(24)27)11-8-16-38-26-15-14-23(45(5,6)42)17-28(26)43-4/h7,9-10,14-15,17,21-22,30,38-39H,12-13,16,18-20H2,1-6H3. The molecule has 1 saturated carbocycles. The third-order valence-electron chi connectivity index (χ3n) is 8.38. The van der Waals surface area contributed by atoms with E-state index in [0.717, 1.165) is 23.2 Å². The summed E-state index contributed by atoms with van der Waals surface area (Å²) in [5, 5.41) is 8.07. The summed E-state index contributed by atoms with van der Waals surface area (Å²) in [4.78, 5) is 14.9. The Hall–Kier alpha value is -3.35. The SMILES string of the molecule is COc1cc(P(C)(C)=O)ccc1NCC#Cc1sc2c(NC3C4CCC3CN(C(=O)OC(C)(C)C)C4)cccc2c1CC(F)(F)F. The molecule has 0 spiro atoms. The number of anilines is 2. The molecule has 1 aliphatic carbocycles. The summed E-state index contributed by atoms with van der Waals surface area (Å²) in [7, 11) is -0.951. The minimum absolute atomic E-state index is 0.104. The van der Waals surface area contributed by atoms with Crippen LogP contribution in [-0.4, -0.2) is 68.9 Å². The lowest BCUT2D eigenvalue weighted by atomic mass is 9.92. The van der Waals surface area contributed by atoms with Gasteiger partial charge in [0.2, 0.25) is 0 Å². The van der Waals surface area contributed by atoms with E-state index in [2.05, 4.69) is 22.5 Å². The predicted octanol–water partition coefficient (Wildman–Crippen LogP) is 7.78. The maximum atomic E-state index is 13.8. The number of halogens is 3. The number of fused-ring (bicyclic) bond motifs is 3. The van der Waals surface area contributed by atoms with Gasteiger partial charge in [-0.15, -0.1) is 11.3 Å². The van der Waals surface area contributed by atoms with Gasteiger partial charge in [-0.25, -0.2) is 4.79 Å². The van der Waals surface area contributed by atoms with Crippen LogP contribution < -0.4 is 20.7 Å². The van der Waals surface area contributed by atoms with E-state index in [0.29, 0.717) is 40.1 Å². The molecule has 1 aromatic heterocycles. The highest BCUT2D eigenvalue weighted by Gasteiger charge is 2.44. The quantitative estimate of drug-likeness (QED) is 0.197. The molecule has 2 heterocycles. The number of rotatable bonds is 7. The summed E-state index contributed by atoms with van der Waals surface area (Å²) in [6, 6.07) is 10.8. The van der Waals surface area contributed by atoms with Gasteiger partial charge in [0.25, 0.3) is 0 Å². The van der Waals surface area contributed by atoms with Crippen LogP contribution in [0.2, 0.25) is 0 Å². The van der Waals surface area contributed by atoms with Gasteiger partial charge in [-0.05, 0) is 94.0 Å². The second-order valence-corrected chi connectivity index (χ2v) is 17.7. The first kappa shape index (κ1) is 34.0. The molecule has 0 radical (unpaired) electrons. The number of amides is 1. The van der Waals surface area contributed by atoms with E-state index in [1.807, 2.05) is 26.8 Å². The number of carbonyl (C=O) groups is 1. The van der Waals surface area contributed by atoms with E-state index in [9.17, 15) is 22.5 Å². The number of hydrogen-bond acceptors (Lipinski definition) is 7. The monoisotopic (exact) mass is 675 g/mol. The van der Waals surface area contributed by atoms with Crippen LogP contribution in [-0.2, 0) is 15.7 Å². The van der Waals surface area contributed by atoms with Crippen LogP contribution in [0.4, 0.5) is 29.3 Å². The summed E-state index contributed by atoms with van der Waals surface area (Å²) in [5.41, 5.74) is 1.05. The van der Waals surface area contributed by atoms with Crippen LogP contribution in [0.1, 0.15) is 44.1 Å². The van der Waals surface area contributed by atoms with Crippen LogP contribution in [0.5, 0.6) is 5.75 Å². The first-order valence-corrected chi connectivity index (χ1v) is 18.8. The van der Waals surface area contributed by atoms with E-state index >= 15 is 0 Å². The average molecular weight is 676 g/mol. The molecule has 5 rings (SSSR count). The van der Waals surface area contributed by atoms with E-state index in [1.165, 1.54) is 18.4 Å². The molecule has 2 fully saturated rings. The predicted molar refractivity (Wildman–Crippen MR) is 180 cm³/mol. The summed E-state index contributed by atoms with van der Waals surface area (Å²) < 4.78 is 65.6. The minimum Gasteiger partial charge on any atom is -0.495 e. The Morgan fingerprint density at radius 1 is 1.09 bits per heavy atom. The van der Waals surface area contributed by atoms with Gasteiger partial charge in [0.1, 0.15) is 18.5 Å². The number of hydrogen-bond donors (Lipinski definition) is 2. The number of nitrogens with zero attached hydrogens (tertiary/aromatic N) is 1. The molecule has 2 N–H and O–H groups in total. The Bertz CT molecular complexity index is 1700. The maximum Gasteiger partial charge on any atom is 0.410 e. The molecule has 2 unspecified atom stereocenters. The molecule has 12 heteroatoms. The fraction of sp³-hybridized carbons (Fsp3) is 0.500. The number of nitrogens with one attached hydrogen (secondary N) is 2. The largest absolute Gasteiger partial charge is 0.495 e. The van der Waals surface area contributed by atoms with Crippen molar-refractivity contribution in [2.24, 2.45) is 11.8 Å². The Balaban J connectivity index is 1.37. The fourth-order valence-corrected chi connectivity index (χ4v) is 8.33. The average Bonchev–Trinajstić information content (AvgIpc) is 3.39. The van der Waals surface area contributed by atoms with E-state index in [1.54, 1.807) is 48.6 Å². The van der Waals surface area contributed by atoms with Gasteiger partial charge in [0, 0.05) is 24.4 Å². The van der Waals surface area contributed by atoms with Crippen molar-refractivity contribution in [2.45, 2.75) is 57.9 Å². The third-order valence-corrected chi connectivity index (χ3v) is 11.1. The zero-order valence-electron chi connectivity index (χ0n) is 27.0. The van der Waals surface area contributed by atoms with Crippen LogP contribution >= 0.6 is 18.5 Å². The molecule has 3 aromatic rings. The Kier molecular flexibility index (Phi) is 9.64. The highest BCUT2D eigenvalue weighted by atomic mass is 32.1. The van der Waals surface area contributed by atoms with Crippen molar-refractivity contribution in [3.05, 3.63) is 46.8 Å². The lowest BCUT2D eigenvalue weighted by Gasteiger charge is -2.39. The second-order valence-electron chi connectivity index (χ2n) is 13.4. The van der Waals surface area contributed by atoms with Crippen molar-refractivity contribution in [3.8, 4) is 17.6 Å². The third kappa shape index (κ3) is 7.95. The van der Waals surface area contributed by atoms with Gasteiger partial charge in [0.15, 0.2) is 0 Å². The molecule has 2 aromatic carbocycles. The number of alkyl halides is 3. The van der Waals surface area contributed by atoms with Crippen molar-refractivity contribution in [1.82, 2.24) is 4.90 Å². The first-order chi connectivity index (χ1) is 21.5. The number of thiophene rings is 1. The molecule has 1 saturated heterocycles. The number of methoxy groups -OCH3 is 1. The highest BCUT2D eigenvalue weighted by Crippen LogP contribution is 2.43. The van der Waals surface area contributed by atoms with Gasteiger partial charge in [-0.2, -0.15) is 13.2 Å². The lowest BCUT2D eigenvalue weighted by molar-refractivity contribution is -0.126. The van der Waals surface area contributed by atoms with E-state index in [-0.39, 0.29) is 36.1 Å². The van der Waals surface area contributed by atoms with E-state index < -0.39 is 25.3 Å². The minimum atomic E-state index is -4.40. The smallest absolute Gasteiger partial charge is 0.410 e. The molecule has 46 heavy (non-hydrogen) atoms. The number of likely N-dealkylation sites (tertiary alicyclic amines) is 1. The van der Waals surface area contributed by atoms with Gasteiger partial charge < -0.3 is 29.6 Å². The van der Waals surface area contributed by atoms with Crippen LogP contribution in [0.3, 0.4) is 0 Å². The van der Waals surface area contributed by atoms with Crippen molar-refractivity contribution in [3.63, 3.8) is 0 Å². The number of benzene rings is 2. The Morgan fingerprint density at radius 3 is 2.39 bits per heavy atom. The Labute approximate surface area is 272 Å².